The van der Waals surface area contributed by atoms with E-state index in [9.17, 15) is 52.9 Å². The third-order valence-electron chi connectivity index (χ3n) is 8.50. The molecule has 14 heteroatoms. The fourth-order valence-corrected chi connectivity index (χ4v) is 5.90. The number of carboxylic acids is 2. The minimum Gasteiger partial charge on any atom is -0.481 e. The Bertz CT molecular complexity index is 1520. The van der Waals surface area contributed by atoms with Crippen molar-refractivity contribution in [3.05, 3.63) is 70.8 Å². The van der Waals surface area contributed by atoms with Crippen molar-refractivity contribution in [1.82, 2.24) is 16.0 Å². The maximum absolute atomic E-state index is 14.0. The number of hydrogen-bond donors (Lipinski definition) is 6. The van der Waals surface area contributed by atoms with Gasteiger partial charge in [-0.2, -0.15) is 0 Å². The number of benzene rings is 2. The van der Waals surface area contributed by atoms with Crippen LogP contribution in [0.2, 0.25) is 0 Å². The van der Waals surface area contributed by atoms with Gasteiger partial charge in [0, 0.05) is 29.2 Å². The molecule has 0 spiro atoms. The second-order valence-electron chi connectivity index (χ2n) is 13.2. The Hall–Kier alpha value is -4.72. The van der Waals surface area contributed by atoms with Crippen LogP contribution in [-0.4, -0.2) is 75.0 Å². The van der Waals surface area contributed by atoms with Gasteiger partial charge in [-0.05, 0) is 61.4 Å². The molecule has 0 bridgehead atoms. The number of nitrogens with one attached hydrogen (secondary N) is 3. The van der Waals surface area contributed by atoms with Crippen LogP contribution in [0.4, 0.5) is 8.78 Å². The van der Waals surface area contributed by atoms with Gasteiger partial charge in [0.15, 0.2) is 5.78 Å². The maximum atomic E-state index is 14.0. The SMILES string of the molecule is CC(C)C(=O)c1cccc(C(=O)N[C@@H](Cc2cc(F)cc(F)c2)[C@@H](O)CC(=O)N[C@H](C(=O)NC2CC(C(=O)O)CC(C(=O)O)C2)C(C)C)c1. The number of hydrogen-bond acceptors (Lipinski definition) is 7. The third-order valence-corrected chi connectivity index (χ3v) is 8.50. The molecule has 3 rings (SSSR count). The van der Waals surface area contributed by atoms with Crippen molar-refractivity contribution in [2.75, 3.05) is 0 Å². The van der Waals surface area contributed by atoms with Gasteiger partial charge in [-0.3, -0.25) is 28.8 Å². The highest BCUT2D eigenvalue weighted by Crippen LogP contribution is 2.30. The van der Waals surface area contributed by atoms with Crippen LogP contribution >= 0.6 is 0 Å². The van der Waals surface area contributed by atoms with Crippen molar-refractivity contribution < 1.29 is 52.9 Å². The van der Waals surface area contributed by atoms with E-state index in [0.717, 1.165) is 12.1 Å². The smallest absolute Gasteiger partial charge is 0.306 e. The molecular weight excluding hydrogens is 644 g/mol. The van der Waals surface area contributed by atoms with Gasteiger partial charge in [-0.1, -0.05) is 39.8 Å². The Labute approximate surface area is 282 Å². The zero-order chi connectivity index (χ0) is 36.6. The summed E-state index contributed by atoms with van der Waals surface area (Å²) in [7, 11) is 0. The van der Waals surface area contributed by atoms with E-state index in [1.54, 1.807) is 33.8 Å². The number of Topliss-reactive ketones (excluding diaryl/α,β-unsaturated/α-hetero) is 1. The van der Waals surface area contributed by atoms with Gasteiger partial charge in [0.25, 0.3) is 5.91 Å². The van der Waals surface area contributed by atoms with E-state index in [2.05, 4.69) is 16.0 Å². The Morgan fingerprint density at radius 3 is 1.92 bits per heavy atom. The predicted molar refractivity (Wildman–Crippen MR) is 172 cm³/mol. The first-order chi connectivity index (χ1) is 22.9. The Balaban J connectivity index is 1.76. The zero-order valence-electron chi connectivity index (χ0n) is 27.7. The lowest BCUT2D eigenvalue weighted by molar-refractivity contribution is -0.149. The number of rotatable bonds is 15. The van der Waals surface area contributed by atoms with E-state index in [0.29, 0.717) is 6.07 Å². The molecule has 2 unspecified atom stereocenters. The number of ketones is 1. The predicted octanol–water partition coefficient (Wildman–Crippen LogP) is 3.11. The van der Waals surface area contributed by atoms with E-state index in [1.165, 1.54) is 18.2 Å². The number of aliphatic carboxylic acids is 2. The number of amides is 3. The van der Waals surface area contributed by atoms with Crippen LogP contribution in [-0.2, 0) is 25.6 Å². The van der Waals surface area contributed by atoms with Gasteiger partial charge in [0.2, 0.25) is 11.8 Å². The van der Waals surface area contributed by atoms with E-state index in [1.807, 2.05) is 0 Å². The summed E-state index contributed by atoms with van der Waals surface area (Å²) in [4.78, 5) is 75.4. The van der Waals surface area contributed by atoms with Crippen LogP contribution in [0.5, 0.6) is 0 Å². The molecule has 49 heavy (non-hydrogen) atoms. The fourth-order valence-electron chi connectivity index (χ4n) is 5.90. The highest BCUT2D eigenvalue weighted by atomic mass is 19.1. The average Bonchev–Trinajstić information content (AvgIpc) is 3.01. The molecule has 0 aliphatic heterocycles. The molecule has 1 saturated carbocycles. The Morgan fingerprint density at radius 2 is 1.39 bits per heavy atom. The summed E-state index contributed by atoms with van der Waals surface area (Å²) in [5.41, 5.74) is 0.444. The largest absolute Gasteiger partial charge is 0.481 e. The number of carboxylic acid groups (broad SMARTS) is 2. The molecule has 0 aromatic heterocycles. The van der Waals surface area contributed by atoms with E-state index in [4.69, 9.17) is 0 Å². The summed E-state index contributed by atoms with van der Waals surface area (Å²) in [6, 6.07) is 5.41. The van der Waals surface area contributed by atoms with Crippen molar-refractivity contribution in [2.45, 2.75) is 84.0 Å². The van der Waals surface area contributed by atoms with Crippen LogP contribution in [0, 0.1) is 35.3 Å². The van der Waals surface area contributed by atoms with Gasteiger partial charge in [-0.15, -0.1) is 0 Å². The molecule has 2 aromatic rings. The molecule has 0 radical (unpaired) electrons. The van der Waals surface area contributed by atoms with Crippen LogP contribution in [0.15, 0.2) is 42.5 Å². The van der Waals surface area contributed by atoms with Gasteiger partial charge < -0.3 is 31.3 Å². The first kappa shape index (κ1) is 38.7. The van der Waals surface area contributed by atoms with Crippen LogP contribution in [0.3, 0.4) is 0 Å². The van der Waals surface area contributed by atoms with Crippen molar-refractivity contribution in [2.24, 2.45) is 23.7 Å². The number of carbonyl (C=O) groups is 6. The first-order valence-corrected chi connectivity index (χ1v) is 16.1. The summed E-state index contributed by atoms with van der Waals surface area (Å²) in [5.74, 6) is -9.28. The molecule has 12 nitrogen and oxygen atoms in total. The van der Waals surface area contributed by atoms with E-state index < -0.39 is 89.7 Å². The van der Waals surface area contributed by atoms with Crippen molar-refractivity contribution in [1.29, 1.82) is 0 Å². The Kier molecular flexibility index (Phi) is 13.5. The number of aliphatic hydroxyl groups is 1. The van der Waals surface area contributed by atoms with Crippen molar-refractivity contribution >= 4 is 35.4 Å². The standard InChI is InChI=1S/C35H43F2N3O9/c1-17(2)30(33(45)38-26-13-22(34(46)47)12-23(14-26)35(48)49)40-29(42)16-28(41)27(10-19-8-24(36)15-25(37)9-19)39-32(44)21-7-5-6-20(11-21)31(43)18(3)4/h5-9,11,15,17-18,22-23,26-28,30,41H,10,12-14,16H2,1-4H3,(H,38,45)(H,39,44)(H,40,42)(H,46,47)(H,48,49)/t22?,23?,26?,27-,28-,30-/m0/s1. The minimum absolute atomic E-state index is 0.0128. The van der Waals surface area contributed by atoms with Crippen molar-refractivity contribution in [3.63, 3.8) is 0 Å². The summed E-state index contributed by atoms with van der Waals surface area (Å²) >= 11 is 0. The topological polar surface area (TPSA) is 199 Å². The van der Waals surface area contributed by atoms with Crippen LogP contribution < -0.4 is 16.0 Å². The molecule has 1 aliphatic carbocycles. The van der Waals surface area contributed by atoms with Gasteiger partial charge in [-0.25, -0.2) is 8.78 Å². The molecule has 2 aromatic carbocycles. The molecule has 1 aliphatic rings. The van der Waals surface area contributed by atoms with Gasteiger partial charge in [0.05, 0.1) is 30.4 Å². The quantitative estimate of drug-likeness (QED) is 0.152. The average molecular weight is 688 g/mol. The third kappa shape index (κ3) is 11.2. The van der Waals surface area contributed by atoms with E-state index >= 15 is 0 Å². The first-order valence-electron chi connectivity index (χ1n) is 16.1. The molecule has 1 fully saturated rings. The monoisotopic (exact) mass is 687 g/mol. The minimum atomic E-state index is -1.61. The second kappa shape index (κ2) is 17.1. The van der Waals surface area contributed by atoms with Gasteiger partial charge in [0.1, 0.15) is 17.7 Å². The molecule has 0 saturated heterocycles. The van der Waals surface area contributed by atoms with Crippen LogP contribution in [0.25, 0.3) is 0 Å². The summed E-state index contributed by atoms with van der Waals surface area (Å²) in [5, 5.41) is 37.9. The summed E-state index contributed by atoms with van der Waals surface area (Å²) < 4.78 is 28.0. The van der Waals surface area contributed by atoms with E-state index in [-0.39, 0.29) is 54.1 Å². The summed E-state index contributed by atoms with van der Waals surface area (Å²) in [6.07, 6.45) is -2.59. The highest BCUT2D eigenvalue weighted by Gasteiger charge is 2.38. The zero-order valence-corrected chi connectivity index (χ0v) is 27.7. The normalized spacial score (nSPS) is 19.4. The van der Waals surface area contributed by atoms with Gasteiger partial charge >= 0.3 is 11.9 Å². The summed E-state index contributed by atoms with van der Waals surface area (Å²) in [6.45, 7) is 6.69. The molecule has 0 heterocycles. The van der Waals surface area contributed by atoms with Crippen LogP contribution in [0.1, 0.15) is 79.7 Å². The van der Waals surface area contributed by atoms with Crippen molar-refractivity contribution in [3.8, 4) is 0 Å². The molecule has 6 N–H and O–H groups in total. The maximum Gasteiger partial charge on any atom is 0.306 e. The molecule has 266 valence electrons. The molecule has 5 atom stereocenters. The number of halogens is 2. The number of aliphatic hydroxyl groups excluding tert-OH is 1. The molecular formula is C35H43F2N3O9. The molecule has 3 amide bonds. The fraction of sp³-hybridized carbons (Fsp3) is 0.486. The lowest BCUT2D eigenvalue weighted by atomic mass is 9.78. The Morgan fingerprint density at radius 1 is 0.816 bits per heavy atom. The lowest BCUT2D eigenvalue weighted by Gasteiger charge is -2.33. The highest BCUT2D eigenvalue weighted by molar-refractivity contribution is 6.01. The second-order valence-corrected chi connectivity index (χ2v) is 13.2. The lowest BCUT2D eigenvalue weighted by Crippen LogP contribution is -2.55. The number of carbonyl (C=O) groups excluding carboxylic acids is 4.